The quantitative estimate of drug-likeness (QED) is 0.537. The van der Waals surface area contributed by atoms with E-state index in [9.17, 15) is 9.18 Å². The van der Waals surface area contributed by atoms with E-state index in [1.807, 2.05) is 0 Å². The number of rotatable bonds is 5. The molecule has 1 aromatic carbocycles. The first kappa shape index (κ1) is 18.1. The first-order valence-electron chi connectivity index (χ1n) is 10.4. The number of benzene rings is 1. The molecule has 3 heterocycles. The van der Waals surface area contributed by atoms with Gasteiger partial charge in [-0.15, -0.1) is 0 Å². The molecule has 2 fully saturated rings. The molecule has 0 atom stereocenters. The number of pyridine rings is 1. The van der Waals surface area contributed by atoms with E-state index in [-0.39, 0.29) is 17.8 Å². The summed E-state index contributed by atoms with van der Waals surface area (Å²) in [6.45, 7) is 0. The van der Waals surface area contributed by atoms with Gasteiger partial charge in [-0.1, -0.05) is 18.2 Å². The molecular weight excluding hydrogens is 395 g/mol. The number of carbonyl (C=O) groups is 1. The molecule has 3 aromatic heterocycles. The first-order valence-corrected chi connectivity index (χ1v) is 10.4. The molecule has 2 aliphatic carbocycles. The van der Waals surface area contributed by atoms with Crippen molar-refractivity contribution in [1.29, 1.82) is 0 Å². The van der Waals surface area contributed by atoms with E-state index in [0.717, 1.165) is 42.3 Å². The number of fused-ring (bicyclic) bond motifs is 1. The summed E-state index contributed by atoms with van der Waals surface area (Å²) in [4.78, 5) is 25.8. The number of hydrogen-bond acceptors (Lipinski definition) is 5. The van der Waals surface area contributed by atoms with Crippen LogP contribution in [0, 0.1) is 5.82 Å². The van der Waals surface area contributed by atoms with Gasteiger partial charge in [0.25, 0.3) is 11.9 Å². The van der Waals surface area contributed by atoms with Crippen LogP contribution in [0.2, 0.25) is 0 Å². The van der Waals surface area contributed by atoms with E-state index in [1.165, 1.54) is 6.07 Å². The maximum atomic E-state index is 14.1. The lowest BCUT2D eigenvalue weighted by Gasteiger charge is -2.06. The second kappa shape index (κ2) is 6.94. The van der Waals surface area contributed by atoms with E-state index in [0.29, 0.717) is 28.7 Å². The molecule has 0 spiro atoms. The molecular formula is C23H19FN6O. The van der Waals surface area contributed by atoms with Gasteiger partial charge in [-0.25, -0.2) is 14.4 Å². The molecule has 0 saturated heterocycles. The maximum absolute atomic E-state index is 14.1. The van der Waals surface area contributed by atoms with Crippen LogP contribution in [0.1, 0.15) is 47.8 Å². The van der Waals surface area contributed by atoms with E-state index in [2.05, 4.69) is 20.3 Å². The highest BCUT2D eigenvalue weighted by Gasteiger charge is 2.31. The summed E-state index contributed by atoms with van der Waals surface area (Å²) in [7, 11) is 0. The molecule has 4 aromatic rings. The summed E-state index contributed by atoms with van der Waals surface area (Å²) in [5.74, 6) is 0.267. The van der Waals surface area contributed by atoms with Crippen molar-refractivity contribution >= 4 is 16.8 Å². The Morgan fingerprint density at radius 2 is 1.81 bits per heavy atom. The Balaban J connectivity index is 1.42. The third kappa shape index (κ3) is 3.34. The molecule has 0 bridgehead atoms. The Bertz CT molecular complexity index is 1310. The summed E-state index contributed by atoms with van der Waals surface area (Å²) in [6, 6.07) is 8.53. The number of halogens is 1. The minimum atomic E-state index is -0.322. The van der Waals surface area contributed by atoms with Gasteiger partial charge in [0, 0.05) is 47.1 Å². The third-order valence-electron chi connectivity index (χ3n) is 5.72. The smallest absolute Gasteiger partial charge is 0.270 e. The number of carbonyl (C=O) groups excluding carboxylic acids is 1. The second-order valence-electron chi connectivity index (χ2n) is 8.16. The normalized spacial score (nSPS) is 15.9. The number of nitrogens with one attached hydrogen (secondary N) is 1. The highest BCUT2D eigenvalue weighted by Crippen LogP contribution is 2.42. The van der Waals surface area contributed by atoms with Crippen LogP contribution < -0.4 is 5.32 Å². The van der Waals surface area contributed by atoms with E-state index in [1.54, 1.807) is 47.5 Å². The Morgan fingerprint density at radius 1 is 1.03 bits per heavy atom. The van der Waals surface area contributed by atoms with Crippen LogP contribution in [0.4, 0.5) is 4.39 Å². The molecule has 0 radical (unpaired) electrons. The Labute approximate surface area is 177 Å². The fraction of sp³-hybridized carbons (Fsp3) is 0.261. The van der Waals surface area contributed by atoms with Gasteiger partial charge >= 0.3 is 0 Å². The Kier molecular flexibility index (Phi) is 4.05. The molecule has 0 aliphatic heterocycles. The molecule has 1 amide bonds. The zero-order valence-corrected chi connectivity index (χ0v) is 16.6. The average molecular weight is 414 g/mol. The molecule has 0 unspecified atom stereocenters. The van der Waals surface area contributed by atoms with Crippen molar-refractivity contribution in [1.82, 2.24) is 30.0 Å². The molecule has 2 aliphatic rings. The van der Waals surface area contributed by atoms with Gasteiger partial charge in [0.05, 0.1) is 11.2 Å². The van der Waals surface area contributed by atoms with Crippen LogP contribution in [0.3, 0.4) is 0 Å². The molecule has 6 rings (SSSR count). The highest BCUT2D eigenvalue weighted by atomic mass is 19.1. The standard InChI is InChI=1S/C23H19FN6O/c24-18-4-2-1-3-16(18)14-10-26-23(27-11-14)30-20-9-19(22(31)28-15-7-8-15)25-12-17(20)21(29-30)13-5-6-13/h1-4,9-13,15H,5-8H2,(H,28,31). The highest BCUT2D eigenvalue weighted by molar-refractivity contribution is 5.96. The minimum absolute atomic E-state index is 0.180. The van der Waals surface area contributed by atoms with Crippen LogP contribution in [-0.2, 0) is 0 Å². The molecule has 2 saturated carbocycles. The first-order chi connectivity index (χ1) is 15.2. The van der Waals surface area contributed by atoms with Gasteiger partial charge in [-0.2, -0.15) is 9.78 Å². The van der Waals surface area contributed by atoms with Gasteiger partial charge in [-0.05, 0) is 37.8 Å². The SMILES string of the molecule is O=C(NC1CC1)c1cc2c(cn1)c(C1CC1)nn2-c1ncc(-c2ccccc2F)cn1. The minimum Gasteiger partial charge on any atom is -0.348 e. The lowest BCUT2D eigenvalue weighted by atomic mass is 10.1. The van der Waals surface area contributed by atoms with Crippen molar-refractivity contribution in [2.24, 2.45) is 0 Å². The lowest BCUT2D eigenvalue weighted by Crippen LogP contribution is -2.26. The fourth-order valence-electron chi connectivity index (χ4n) is 3.72. The molecule has 7 nitrogen and oxygen atoms in total. The van der Waals surface area contributed by atoms with Crippen LogP contribution in [0.25, 0.3) is 28.0 Å². The monoisotopic (exact) mass is 414 g/mol. The Hall–Kier alpha value is -3.68. The predicted octanol–water partition coefficient (Wildman–Crippen LogP) is 3.79. The van der Waals surface area contributed by atoms with Crippen LogP contribution in [0.15, 0.2) is 48.9 Å². The number of aromatic nitrogens is 5. The molecule has 1 N–H and O–H groups in total. The van der Waals surface area contributed by atoms with E-state index < -0.39 is 0 Å². The molecule has 154 valence electrons. The zero-order chi connectivity index (χ0) is 20.9. The number of nitrogens with zero attached hydrogens (tertiary/aromatic N) is 5. The van der Waals surface area contributed by atoms with Crippen molar-refractivity contribution in [3.8, 4) is 17.1 Å². The van der Waals surface area contributed by atoms with Crippen molar-refractivity contribution in [3.63, 3.8) is 0 Å². The van der Waals surface area contributed by atoms with Gasteiger partial charge in [-0.3, -0.25) is 9.78 Å². The van der Waals surface area contributed by atoms with Crippen molar-refractivity contribution in [3.05, 3.63) is 66.1 Å². The van der Waals surface area contributed by atoms with Crippen molar-refractivity contribution in [2.75, 3.05) is 0 Å². The molecule has 8 heteroatoms. The van der Waals surface area contributed by atoms with Gasteiger partial charge in [0.15, 0.2) is 0 Å². The maximum Gasteiger partial charge on any atom is 0.270 e. The van der Waals surface area contributed by atoms with Crippen molar-refractivity contribution in [2.45, 2.75) is 37.6 Å². The topological polar surface area (TPSA) is 85.6 Å². The van der Waals surface area contributed by atoms with E-state index >= 15 is 0 Å². The summed E-state index contributed by atoms with van der Waals surface area (Å²) in [5, 5.41) is 8.64. The van der Waals surface area contributed by atoms with Gasteiger partial charge in [0.1, 0.15) is 11.5 Å². The van der Waals surface area contributed by atoms with Crippen molar-refractivity contribution < 1.29 is 9.18 Å². The number of hydrogen-bond donors (Lipinski definition) is 1. The van der Waals surface area contributed by atoms with Gasteiger partial charge < -0.3 is 5.32 Å². The average Bonchev–Trinajstić information content (AvgIpc) is 3.73. The lowest BCUT2D eigenvalue weighted by molar-refractivity contribution is 0.0946. The van der Waals surface area contributed by atoms with Crippen LogP contribution in [-0.4, -0.2) is 36.7 Å². The predicted molar refractivity (Wildman–Crippen MR) is 112 cm³/mol. The Morgan fingerprint density at radius 3 is 2.52 bits per heavy atom. The third-order valence-corrected chi connectivity index (χ3v) is 5.72. The van der Waals surface area contributed by atoms with E-state index in [4.69, 9.17) is 5.10 Å². The summed E-state index contributed by atoms with van der Waals surface area (Å²) in [5.41, 5.74) is 3.09. The summed E-state index contributed by atoms with van der Waals surface area (Å²) >= 11 is 0. The van der Waals surface area contributed by atoms with Crippen LogP contribution in [0.5, 0.6) is 0 Å². The van der Waals surface area contributed by atoms with Gasteiger partial charge in [0.2, 0.25) is 0 Å². The summed E-state index contributed by atoms with van der Waals surface area (Å²) < 4.78 is 15.8. The largest absolute Gasteiger partial charge is 0.348 e. The van der Waals surface area contributed by atoms with Crippen LogP contribution >= 0.6 is 0 Å². The summed E-state index contributed by atoms with van der Waals surface area (Å²) in [6.07, 6.45) is 9.11. The number of amides is 1. The second-order valence-corrected chi connectivity index (χ2v) is 8.16. The molecule has 31 heavy (non-hydrogen) atoms. The zero-order valence-electron chi connectivity index (χ0n) is 16.6. The fourth-order valence-corrected chi connectivity index (χ4v) is 3.72.